The fourth-order valence-corrected chi connectivity index (χ4v) is 2.02. The summed E-state index contributed by atoms with van der Waals surface area (Å²) in [6.07, 6.45) is 5.14. The van der Waals surface area contributed by atoms with Gasteiger partial charge in [0, 0.05) is 25.0 Å². The normalized spacial score (nSPS) is 24.9. The standard InChI is InChI=1S/C13H20N2O/c1-10-3-5-12(8-15-10)7-14-9-13-6-4-11(2)16-13/h3,5,8,11,13-14H,4,6-7,9H2,1-2H3. The van der Waals surface area contributed by atoms with Crippen molar-refractivity contribution in [2.45, 2.75) is 45.4 Å². The van der Waals surface area contributed by atoms with Crippen molar-refractivity contribution in [3.63, 3.8) is 0 Å². The van der Waals surface area contributed by atoms with Crippen LogP contribution in [0.3, 0.4) is 0 Å². The molecule has 0 aliphatic carbocycles. The Kier molecular flexibility index (Phi) is 3.91. The molecule has 0 aromatic carbocycles. The number of ether oxygens (including phenoxy) is 1. The molecule has 0 bridgehead atoms. The van der Waals surface area contributed by atoms with Gasteiger partial charge in [0.05, 0.1) is 12.2 Å². The second-order valence-corrected chi connectivity index (χ2v) is 4.58. The summed E-state index contributed by atoms with van der Waals surface area (Å²) in [7, 11) is 0. The van der Waals surface area contributed by atoms with E-state index in [0.29, 0.717) is 12.2 Å². The molecule has 2 unspecified atom stereocenters. The van der Waals surface area contributed by atoms with Crippen molar-refractivity contribution < 1.29 is 4.74 Å². The summed E-state index contributed by atoms with van der Waals surface area (Å²) in [6.45, 7) is 5.97. The average Bonchev–Trinajstić information content (AvgIpc) is 2.67. The molecule has 1 aromatic heterocycles. The van der Waals surface area contributed by atoms with Gasteiger partial charge in [0.15, 0.2) is 0 Å². The molecule has 0 spiro atoms. The molecule has 2 heterocycles. The van der Waals surface area contributed by atoms with Gasteiger partial charge in [-0.25, -0.2) is 0 Å². The quantitative estimate of drug-likeness (QED) is 0.843. The number of rotatable bonds is 4. The maximum absolute atomic E-state index is 5.74. The molecule has 0 saturated carbocycles. The number of nitrogens with zero attached hydrogens (tertiary/aromatic N) is 1. The van der Waals surface area contributed by atoms with Gasteiger partial charge in [-0.15, -0.1) is 0 Å². The molecule has 3 heteroatoms. The van der Waals surface area contributed by atoms with Gasteiger partial charge in [-0.1, -0.05) is 6.07 Å². The molecule has 1 saturated heterocycles. The van der Waals surface area contributed by atoms with Crippen molar-refractivity contribution in [3.8, 4) is 0 Å². The van der Waals surface area contributed by atoms with Crippen molar-refractivity contribution in [1.29, 1.82) is 0 Å². The highest BCUT2D eigenvalue weighted by Crippen LogP contribution is 2.18. The Morgan fingerprint density at radius 3 is 2.94 bits per heavy atom. The largest absolute Gasteiger partial charge is 0.374 e. The Morgan fingerprint density at radius 2 is 2.31 bits per heavy atom. The van der Waals surface area contributed by atoms with Crippen LogP contribution in [0.2, 0.25) is 0 Å². The summed E-state index contributed by atoms with van der Waals surface area (Å²) in [5, 5.41) is 3.42. The van der Waals surface area contributed by atoms with Crippen molar-refractivity contribution in [3.05, 3.63) is 29.6 Å². The van der Waals surface area contributed by atoms with Crippen molar-refractivity contribution >= 4 is 0 Å². The van der Waals surface area contributed by atoms with E-state index < -0.39 is 0 Å². The molecule has 1 N–H and O–H groups in total. The maximum Gasteiger partial charge on any atom is 0.0704 e. The fraction of sp³-hybridized carbons (Fsp3) is 0.615. The van der Waals surface area contributed by atoms with Crippen LogP contribution in [0.5, 0.6) is 0 Å². The van der Waals surface area contributed by atoms with Crippen LogP contribution in [0.15, 0.2) is 18.3 Å². The van der Waals surface area contributed by atoms with Crippen molar-refractivity contribution in [2.24, 2.45) is 0 Å². The van der Waals surface area contributed by atoms with Crippen LogP contribution in [0.4, 0.5) is 0 Å². The molecule has 0 amide bonds. The highest BCUT2D eigenvalue weighted by Gasteiger charge is 2.20. The fourth-order valence-electron chi connectivity index (χ4n) is 2.02. The summed E-state index contributed by atoms with van der Waals surface area (Å²) in [5.41, 5.74) is 2.30. The second-order valence-electron chi connectivity index (χ2n) is 4.58. The topological polar surface area (TPSA) is 34.1 Å². The van der Waals surface area contributed by atoms with Gasteiger partial charge >= 0.3 is 0 Å². The van der Waals surface area contributed by atoms with Crippen molar-refractivity contribution in [1.82, 2.24) is 10.3 Å². The van der Waals surface area contributed by atoms with Crippen LogP contribution < -0.4 is 5.32 Å². The predicted molar refractivity (Wildman–Crippen MR) is 64.2 cm³/mol. The number of aryl methyl sites for hydroxylation is 1. The zero-order chi connectivity index (χ0) is 11.4. The number of hydrogen-bond acceptors (Lipinski definition) is 3. The Hall–Kier alpha value is -0.930. The zero-order valence-electron chi connectivity index (χ0n) is 10.1. The molecule has 3 nitrogen and oxygen atoms in total. The lowest BCUT2D eigenvalue weighted by molar-refractivity contribution is 0.0559. The molecule has 1 fully saturated rings. The van der Waals surface area contributed by atoms with E-state index in [1.165, 1.54) is 18.4 Å². The Balaban J connectivity index is 1.70. The SMILES string of the molecule is Cc1ccc(CNCC2CCC(C)O2)cn1. The number of hydrogen-bond donors (Lipinski definition) is 1. The number of pyridine rings is 1. The summed E-state index contributed by atoms with van der Waals surface area (Å²) in [6, 6.07) is 4.17. The molecule has 1 aliphatic rings. The van der Waals surface area contributed by atoms with Crippen LogP contribution in [0.1, 0.15) is 31.0 Å². The highest BCUT2D eigenvalue weighted by molar-refractivity contribution is 5.12. The molecule has 1 aromatic rings. The Bertz CT molecular complexity index is 323. The summed E-state index contributed by atoms with van der Waals surface area (Å²) in [5.74, 6) is 0. The lowest BCUT2D eigenvalue weighted by atomic mass is 10.2. The van der Waals surface area contributed by atoms with E-state index >= 15 is 0 Å². The first-order valence-corrected chi connectivity index (χ1v) is 6.02. The summed E-state index contributed by atoms with van der Waals surface area (Å²) < 4.78 is 5.74. The van der Waals surface area contributed by atoms with E-state index in [9.17, 15) is 0 Å². The minimum Gasteiger partial charge on any atom is -0.374 e. The molecule has 2 atom stereocenters. The third-order valence-electron chi connectivity index (χ3n) is 2.99. The van der Waals surface area contributed by atoms with E-state index in [4.69, 9.17) is 4.74 Å². The van der Waals surface area contributed by atoms with E-state index in [1.54, 1.807) is 0 Å². The van der Waals surface area contributed by atoms with Crippen LogP contribution in [0, 0.1) is 6.92 Å². The monoisotopic (exact) mass is 220 g/mol. The minimum atomic E-state index is 0.397. The van der Waals surface area contributed by atoms with Gasteiger partial charge in [-0.05, 0) is 38.3 Å². The first-order chi connectivity index (χ1) is 7.74. The molecule has 88 valence electrons. The first kappa shape index (κ1) is 11.6. The van der Waals surface area contributed by atoms with Gasteiger partial charge < -0.3 is 10.1 Å². The average molecular weight is 220 g/mol. The lowest BCUT2D eigenvalue weighted by Gasteiger charge is -2.12. The molecule has 16 heavy (non-hydrogen) atoms. The smallest absolute Gasteiger partial charge is 0.0704 e. The second kappa shape index (κ2) is 5.41. The van der Waals surface area contributed by atoms with Gasteiger partial charge in [-0.3, -0.25) is 4.98 Å². The zero-order valence-corrected chi connectivity index (χ0v) is 10.1. The van der Waals surface area contributed by atoms with E-state index in [1.807, 2.05) is 19.2 Å². The molecular weight excluding hydrogens is 200 g/mol. The molecular formula is C13H20N2O. The van der Waals surface area contributed by atoms with Crippen molar-refractivity contribution in [2.75, 3.05) is 6.54 Å². The van der Waals surface area contributed by atoms with Gasteiger partial charge in [-0.2, -0.15) is 0 Å². The van der Waals surface area contributed by atoms with E-state index in [-0.39, 0.29) is 0 Å². The van der Waals surface area contributed by atoms with Crippen LogP contribution in [-0.4, -0.2) is 23.7 Å². The Labute approximate surface area is 97.2 Å². The lowest BCUT2D eigenvalue weighted by Crippen LogP contribution is -2.26. The van der Waals surface area contributed by atoms with E-state index in [2.05, 4.69) is 23.3 Å². The molecule has 1 aliphatic heterocycles. The molecule has 2 rings (SSSR count). The molecule has 0 radical (unpaired) electrons. The number of aromatic nitrogens is 1. The highest BCUT2D eigenvalue weighted by atomic mass is 16.5. The minimum absolute atomic E-state index is 0.397. The van der Waals surface area contributed by atoms with Crippen LogP contribution in [-0.2, 0) is 11.3 Å². The first-order valence-electron chi connectivity index (χ1n) is 6.02. The third-order valence-corrected chi connectivity index (χ3v) is 2.99. The third kappa shape index (κ3) is 3.29. The summed E-state index contributed by atoms with van der Waals surface area (Å²) in [4.78, 5) is 4.27. The maximum atomic E-state index is 5.74. The van der Waals surface area contributed by atoms with Gasteiger partial charge in [0.1, 0.15) is 0 Å². The predicted octanol–water partition coefficient (Wildman–Crippen LogP) is 2.05. The van der Waals surface area contributed by atoms with E-state index in [0.717, 1.165) is 18.8 Å². The number of nitrogens with one attached hydrogen (secondary N) is 1. The van der Waals surface area contributed by atoms with Crippen LogP contribution in [0.25, 0.3) is 0 Å². The summed E-state index contributed by atoms with van der Waals surface area (Å²) >= 11 is 0. The Morgan fingerprint density at radius 1 is 1.44 bits per heavy atom. The van der Waals surface area contributed by atoms with Gasteiger partial charge in [0.2, 0.25) is 0 Å². The van der Waals surface area contributed by atoms with Crippen LogP contribution >= 0.6 is 0 Å². The van der Waals surface area contributed by atoms with Gasteiger partial charge in [0.25, 0.3) is 0 Å².